The molecule has 214 valence electrons. The van der Waals surface area contributed by atoms with Gasteiger partial charge in [0.1, 0.15) is 11.4 Å². The molecule has 9 rings (SSSR count). The first-order chi connectivity index (χ1) is 22.8. The predicted molar refractivity (Wildman–Crippen MR) is 185 cm³/mol. The van der Waals surface area contributed by atoms with E-state index in [4.69, 9.17) is 24.9 Å². The van der Waals surface area contributed by atoms with Crippen LogP contribution in [-0.4, -0.2) is 29.9 Å². The second-order valence-electron chi connectivity index (χ2n) is 11.2. The van der Waals surface area contributed by atoms with E-state index >= 15 is 0 Å². The third-order valence-corrected chi connectivity index (χ3v) is 8.37. The standard InChI is InChI=1S/C40H24N6/c1-3-13-27(14-4-1)35-31-21-19-25-11-7-9-17-29(25)37(31)45-39(43-35)33-23-41-24-34(42-33)40-44-36(28-15-5-2-6-16-28)32-22-20-26-12-8-10-18-30(26)38(32)46-40/h1-24H. The summed E-state index contributed by atoms with van der Waals surface area (Å²) in [7, 11) is 0. The molecule has 0 saturated heterocycles. The van der Waals surface area contributed by atoms with Crippen LogP contribution in [-0.2, 0) is 0 Å². The van der Waals surface area contributed by atoms with Gasteiger partial charge in [-0.3, -0.25) is 4.98 Å². The van der Waals surface area contributed by atoms with Gasteiger partial charge in [0.25, 0.3) is 0 Å². The monoisotopic (exact) mass is 588 g/mol. The summed E-state index contributed by atoms with van der Waals surface area (Å²) in [5.74, 6) is 0.984. The van der Waals surface area contributed by atoms with Crippen molar-refractivity contribution < 1.29 is 0 Å². The van der Waals surface area contributed by atoms with E-state index in [1.807, 2.05) is 60.7 Å². The van der Waals surface area contributed by atoms with E-state index in [1.54, 1.807) is 12.4 Å². The molecule has 0 bridgehead atoms. The van der Waals surface area contributed by atoms with Crippen molar-refractivity contribution in [1.82, 2.24) is 29.9 Å². The molecule has 0 radical (unpaired) electrons. The molecule has 0 aliphatic rings. The number of hydrogen-bond donors (Lipinski definition) is 0. The number of nitrogens with zero attached hydrogens (tertiary/aromatic N) is 6. The molecule has 0 fully saturated rings. The quantitative estimate of drug-likeness (QED) is 0.191. The van der Waals surface area contributed by atoms with Crippen LogP contribution in [0.1, 0.15) is 0 Å². The lowest BCUT2D eigenvalue weighted by Gasteiger charge is -2.12. The third kappa shape index (κ3) is 4.35. The molecule has 0 unspecified atom stereocenters. The summed E-state index contributed by atoms with van der Waals surface area (Å²) in [6, 6.07) is 45.4. The normalized spacial score (nSPS) is 11.5. The van der Waals surface area contributed by atoms with Crippen molar-refractivity contribution >= 4 is 43.4 Å². The zero-order valence-corrected chi connectivity index (χ0v) is 24.5. The lowest BCUT2D eigenvalue weighted by Crippen LogP contribution is -2.01. The van der Waals surface area contributed by atoms with Gasteiger partial charge in [-0.05, 0) is 22.9 Å². The van der Waals surface area contributed by atoms with Crippen LogP contribution in [0.15, 0.2) is 146 Å². The highest BCUT2D eigenvalue weighted by molar-refractivity contribution is 6.10. The molecule has 0 spiro atoms. The topological polar surface area (TPSA) is 77.3 Å². The van der Waals surface area contributed by atoms with Gasteiger partial charge in [-0.15, -0.1) is 0 Å². The van der Waals surface area contributed by atoms with Crippen LogP contribution < -0.4 is 0 Å². The smallest absolute Gasteiger partial charge is 0.180 e. The molecule has 0 saturated carbocycles. The summed E-state index contributed by atoms with van der Waals surface area (Å²) in [5, 5.41) is 6.31. The molecular weight excluding hydrogens is 564 g/mol. The van der Waals surface area contributed by atoms with Gasteiger partial charge in [0.2, 0.25) is 0 Å². The Kier molecular flexibility index (Phi) is 6.03. The molecule has 0 amide bonds. The first kappa shape index (κ1) is 26.0. The fourth-order valence-electron chi connectivity index (χ4n) is 6.17. The molecule has 0 aliphatic carbocycles. The molecule has 3 aromatic heterocycles. The third-order valence-electron chi connectivity index (χ3n) is 8.37. The van der Waals surface area contributed by atoms with E-state index in [1.165, 1.54) is 0 Å². The average Bonchev–Trinajstić information content (AvgIpc) is 3.14. The first-order valence-corrected chi connectivity index (χ1v) is 15.1. The van der Waals surface area contributed by atoms with Crippen molar-refractivity contribution in [3.05, 3.63) is 146 Å². The van der Waals surface area contributed by atoms with Crippen molar-refractivity contribution in [1.29, 1.82) is 0 Å². The lowest BCUT2D eigenvalue weighted by molar-refractivity contribution is 1.11. The Labute approximate surface area is 264 Å². The van der Waals surface area contributed by atoms with E-state index in [-0.39, 0.29) is 0 Å². The summed E-state index contributed by atoms with van der Waals surface area (Å²) in [5.41, 5.74) is 6.54. The Bertz CT molecular complexity index is 2410. The second-order valence-corrected chi connectivity index (χ2v) is 11.2. The van der Waals surface area contributed by atoms with Crippen LogP contribution in [0.3, 0.4) is 0 Å². The molecule has 0 aliphatic heterocycles. The maximum Gasteiger partial charge on any atom is 0.180 e. The van der Waals surface area contributed by atoms with Crippen LogP contribution in [0, 0.1) is 0 Å². The van der Waals surface area contributed by atoms with E-state index in [2.05, 4.69) is 77.8 Å². The molecule has 6 heteroatoms. The average molecular weight is 589 g/mol. The Hall–Kier alpha value is -6.40. The van der Waals surface area contributed by atoms with Crippen LogP contribution in [0.2, 0.25) is 0 Å². The van der Waals surface area contributed by atoms with Crippen LogP contribution in [0.4, 0.5) is 0 Å². The maximum atomic E-state index is 5.10. The van der Waals surface area contributed by atoms with Gasteiger partial charge in [0, 0.05) is 32.7 Å². The number of fused-ring (bicyclic) bond motifs is 6. The van der Waals surface area contributed by atoms with Crippen LogP contribution in [0.5, 0.6) is 0 Å². The van der Waals surface area contributed by atoms with E-state index in [0.29, 0.717) is 23.0 Å². The van der Waals surface area contributed by atoms with Gasteiger partial charge in [0.05, 0.1) is 34.8 Å². The van der Waals surface area contributed by atoms with E-state index in [9.17, 15) is 0 Å². The molecule has 6 nitrogen and oxygen atoms in total. The summed E-state index contributed by atoms with van der Waals surface area (Å²) >= 11 is 0. The molecule has 6 aromatic carbocycles. The van der Waals surface area contributed by atoms with Crippen molar-refractivity contribution in [2.75, 3.05) is 0 Å². The Morgan fingerprint density at radius 3 is 1.24 bits per heavy atom. The number of aromatic nitrogens is 6. The molecule has 3 heterocycles. The highest BCUT2D eigenvalue weighted by atomic mass is 15.0. The molecule has 0 N–H and O–H groups in total. The first-order valence-electron chi connectivity index (χ1n) is 15.1. The lowest BCUT2D eigenvalue weighted by atomic mass is 10.0. The fourth-order valence-corrected chi connectivity index (χ4v) is 6.17. The van der Waals surface area contributed by atoms with Crippen molar-refractivity contribution in [3.63, 3.8) is 0 Å². The molecular formula is C40H24N6. The summed E-state index contributed by atoms with van der Waals surface area (Å²) < 4.78 is 0. The van der Waals surface area contributed by atoms with Gasteiger partial charge >= 0.3 is 0 Å². The molecule has 0 atom stereocenters. The van der Waals surface area contributed by atoms with Gasteiger partial charge in [-0.25, -0.2) is 24.9 Å². The van der Waals surface area contributed by atoms with Crippen molar-refractivity contribution in [2.45, 2.75) is 0 Å². The van der Waals surface area contributed by atoms with Gasteiger partial charge in [-0.2, -0.15) is 0 Å². The Morgan fingerprint density at radius 1 is 0.326 bits per heavy atom. The summed E-state index contributed by atoms with van der Waals surface area (Å²) in [6.07, 6.45) is 3.41. The zero-order valence-electron chi connectivity index (χ0n) is 24.5. The van der Waals surface area contributed by atoms with E-state index in [0.717, 1.165) is 65.9 Å². The number of hydrogen-bond acceptors (Lipinski definition) is 6. The van der Waals surface area contributed by atoms with Gasteiger partial charge in [-0.1, -0.05) is 121 Å². The number of benzene rings is 6. The Morgan fingerprint density at radius 2 is 0.761 bits per heavy atom. The van der Waals surface area contributed by atoms with Crippen LogP contribution in [0.25, 0.3) is 88.9 Å². The van der Waals surface area contributed by atoms with E-state index < -0.39 is 0 Å². The number of rotatable bonds is 4. The van der Waals surface area contributed by atoms with Crippen LogP contribution >= 0.6 is 0 Å². The predicted octanol–water partition coefficient (Wildman–Crippen LogP) is 9.34. The summed E-state index contributed by atoms with van der Waals surface area (Å²) in [4.78, 5) is 30.0. The highest BCUT2D eigenvalue weighted by Crippen LogP contribution is 2.35. The Balaban J connectivity index is 1.28. The summed E-state index contributed by atoms with van der Waals surface area (Å²) in [6.45, 7) is 0. The second kappa shape index (κ2) is 10.6. The highest BCUT2D eigenvalue weighted by Gasteiger charge is 2.18. The van der Waals surface area contributed by atoms with Gasteiger partial charge in [0.15, 0.2) is 11.6 Å². The minimum Gasteiger partial charge on any atom is -0.260 e. The minimum absolute atomic E-state index is 0.492. The minimum atomic E-state index is 0.492. The maximum absolute atomic E-state index is 5.10. The van der Waals surface area contributed by atoms with Crippen molar-refractivity contribution in [3.8, 4) is 45.6 Å². The van der Waals surface area contributed by atoms with Gasteiger partial charge < -0.3 is 0 Å². The van der Waals surface area contributed by atoms with Crippen molar-refractivity contribution in [2.24, 2.45) is 0 Å². The SMILES string of the molecule is c1ccc(-c2nc(-c3cncc(-c4nc(-c5ccccc5)c5ccc6ccccc6c5n4)n3)nc3c2ccc2ccccc23)cc1. The zero-order chi connectivity index (χ0) is 30.5. The molecule has 46 heavy (non-hydrogen) atoms. The largest absolute Gasteiger partial charge is 0.260 e. The molecule has 9 aromatic rings. The fraction of sp³-hybridized carbons (Fsp3) is 0.